The highest BCUT2D eigenvalue weighted by Gasteiger charge is 2.10. The lowest BCUT2D eigenvalue weighted by atomic mass is 9.96. The van der Waals surface area contributed by atoms with E-state index in [0.29, 0.717) is 0 Å². The van der Waals surface area contributed by atoms with Crippen LogP contribution in [0.4, 0.5) is 5.69 Å². The van der Waals surface area contributed by atoms with Crippen molar-refractivity contribution >= 4 is 11.9 Å². The van der Waals surface area contributed by atoms with Crippen LogP contribution in [0, 0.1) is 17.7 Å². The Morgan fingerprint density at radius 1 is 1.33 bits per heavy atom. The Morgan fingerprint density at radius 2 is 2.00 bits per heavy atom. The van der Waals surface area contributed by atoms with E-state index in [1.165, 1.54) is 6.21 Å². The minimum absolute atomic E-state index is 0.253. The molecule has 0 fully saturated rings. The standard InChI is InChI=1S/C13H20N2/c1-10-6-5-7-12(11(10)8-14)15-9-13(2,3)4/h5-8,14-15H,9H2,1-4H3. The SMILES string of the molecule is Cc1cccc(NCC(C)(C)C)c1C=N. The van der Waals surface area contributed by atoms with Gasteiger partial charge in [0.2, 0.25) is 0 Å². The molecule has 0 bridgehead atoms. The molecule has 15 heavy (non-hydrogen) atoms. The molecule has 0 aliphatic rings. The summed E-state index contributed by atoms with van der Waals surface area (Å²) in [6.07, 6.45) is 1.42. The van der Waals surface area contributed by atoms with Crippen LogP contribution >= 0.6 is 0 Å². The van der Waals surface area contributed by atoms with Gasteiger partial charge < -0.3 is 10.7 Å². The van der Waals surface area contributed by atoms with Crippen LogP contribution in [-0.4, -0.2) is 12.8 Å². The Balaban J connectivity index is 2.85. The molecule has 0 saturated carbocycles. The largest absolute Gasteiger partial charge is 0.384 e. The molecule has 1 aromatic rings. The summed E-state index contributed by atoms with van der Waals surface area (Å²) >= 11 is 0. The van der Waals surface area contributed by atoms with Gasteiger partial charge in [0.1, 0.15) is 0 Å². The Hall–Kier alpha value is -1.31. The second kappa shape index (κ2) is 4.47. The number of hydrogen-bond donors (Lipinski definition) is 2. The first-order valence-electron chi connectivity index (χ1n) is 5.28. The summed E-state index contributed by atoms with van der Waals surface area (Å²) in [4.78, 5) is 0. The summed E-state index contributed by atoms with van der Waals surface area (Å²) < 4.78 is 0. The van der Waals surface area contributed by atoms with Crippen molar-refractivity contribution < 1.29 is 0 Å². The summed E-state index contributed by atoms with van der Waals surface area (Å²) in [5, 5.41) is 10.8. The highest BCUT2D eigenvalue weighted by molar-refractivity contribution is 5.87. The van der Waals surface area contributed by atoms with Crippen molar-refractivity contribution in [2.45, 2.75) is 27.7 Å². The zero-order valence-electron chi connectivity index (χ0n) is 10.0. The van der Waals surface area contributed by atoms with Crippen molar-refractivity contribution in [3.05, 3.63) is 29.3 Å². The maximum atomic E-state index is 7.39. The van der Waals surface area contributed by atoms with Crippen LogP contribution in [0.25, 0.3) is 0 Å². The smallest absolute Gasteiger partial charge is 0.0432 e. The van der Waals surface area contributed by atoms with Gasteiger partial charge in [0.15, 0.2) is 0 Å². The Kier molecular flexibility index (Phi) is 3.51. The van der Waals surface area contributed by atoms with Crippen LogP contribution in [0.5, 0.6) is 0 Å². The normalized spacial score (nSPS) is 11.2. The first-order valence-corrected chi connectivity index (χ1v) is 5.28. The van der Waals surface area contributed by atoms with Gasteiger partial charge in [-0.15, -0.1) is 0 Å². The summed E-state index contributed by atoms with van der Waals surface area (Å²) in [6, 6.07) is 6.08. The van der Waals surface area contributed by atoms with Crippen LogP contribution in [0.15, 0.2) is 18.2 Å². The second-order valence-corrected chi connectivity index (χ2v) is 5.09. The average Bonchev–Trinajstić information content (AvgIpc) is 2.13. The molecule has 0 radical (unpaired) electrons. The van der Waals surface area contributed by atoms with Crippen molar-refractivity contribution in [1.29, 1.82) is 5.41 Å². The van der Waals surface area contributed by atoms with Crippen LogP contribution in [-0.2, 0) is 0 Å². The molecule has 1 rings (SSSR count). The van der Waals surface area contributed by atoms with Gasteiger partial charge in [-0.2, -0.15) is 0 Å². The zero-order chi connectivity index (χ0) is 11.5. The van der Waals surface area contributed by atoms with E-state index in [0.717, 1.165) is 23.4 Å². The van der Waals surface area contributed by atoms with Crippen molar-refractivity contribution in [3.63, 3.8) is 0 Å². The topological polar surface area (TPSA) is 35.9 Å². The lowest BCUT2D eigenvalue weighted by Gasteiger charge is -2.21. The number of rotatable bonds is 3. The van der Waals surface area contributed by atoms with E-state index >= 15 is 0 Å². The van der Waals surface area contributed by atoms with Gasteiger partial charge in [0, 0.05) is 24.0 Å². The third-order valence-electron chi connectivity index (χ3n) is 2.28. The fraction of sp³-hybridized carbons (Fsp3) is 0.462. The zero-order valence-corrected chi connectivity index (χ0v) is 10.0. The highest BCUT2D eigenvalue weighted by atomic mass is 14.9. The van der Waals surface area contributed by atoms with Gasteiger partial charge >= 0.3 is 0 Å². The minimum atomic E-state index is 0.253. The molecule has 2 nitrogen and oxygen atoms in total. The van der Waals surface area contributed by atoms with Crippen LogP contribution in [0.2, 0.25) is 0 Å². The molecule has 1 aromatic carbocycles. The van der Waals surface area contributed by atoms with E-state index in [9.17, 15) is 0 Å². The van der Waals surface area contributed by atoms with Crippen molar-refractivity contribution in [2.24, 2.45) is 5.41 Å². The second-order valence-electron chi connectivity index (χ2n) is 5.09. The van der Waals surface area contributed by atoms with Crippen LogP contribution < -0.4 is 5.32 Å². The number of hydrogen-bond acceptors (Lipinski definition) is 2. The minimum Gasteiger partial charge on any atom is -0.384 e. The lowest BCUT2D eigenvalue weighted by Crippen LogP contribution is -2.19. The Bertz CT molecular complexity index is 348. The van der Waals surface area contributed by atoms with Gasteiger partial charge in [-0.1, -0.05) is 32.9 Å². The molecule has 0 atom stereocenters. The number of aryl methyl sites for hydroxylation is 1. The van der Waals surface area contributed by atoms with E-state index in [1.807, 2.05) is 25.1 Å². The van der Waals surface area contributed by atoms with Gasteiger partial charge in [0.25, 0.3) is 0 Å². The molecule has 2 heteroatoms. The third-order valence-corrected chi connectivity index (χ3v) is 2.28. The molecule has 0 saturated heterocycles. The third kappa shape index (κ3) is 3.39. The highest BCUT2D eigenvalue weighted by Crippen LogP contribution is 2.20. The molecular formula is C13H20N2. The number of anilines is 1. The maximum absolute atomic E-state index is 7.39. The summed E-state index contributed by atoms with van der Waals surface area (Å²) in [6.45, 7) is 9.53. The van der Waals surface area contributed by atoms with Gasteiger partial charge in [0.05, 0.1) is 0 Å². The predicted octanol–water partition coefficient (Wildman–Crippen LogP) is 3.45. The summed E-state index contributed by atoms with van der Waals surface area (Å²) in [5.41, 5.74) is 3.44. The van der Waals surface area contributed by atoms with Gasteiger partial charge in [-0.05, 0) is 24.0 Å². The Morgan fingerprint density at radius 3 is 2.53 bits per heavy atom. The van der Waals surface area contributed by atoms with Crippen LogP contribution in [0.3, 0.4) is 0 Å². The summed E-state index contributed by atoms with van der Waals surface area (Å²) in [7, 11) is 0. The van der Waals surface area contributed by atoms with Crippen molar-refractivity contribution in [1.82, 2.24) is 0 Å². The van der Waals surface area contributed by atoms with Gasteiger partial charge in [-0.3, -0.25) is 0 Å². The molecule has 82 valence electrons. The van der Waals surface area contributed by atoms with E-state index in [1.54, 1.807) is 0 Å². The van der Waals surface area contributed by atoms with Gasteiger partial charge in [-0.25, -0.2) is 0 Å². The lowest BCUT2D eigenvalue weighted by molar-refractivity contribution is 0.443. The average molecular weight is 204 g/mol. The van der Waals surface area contributed by atoms with E-state index in [4.69, 9.17) is 5.41 Å². The molecule has 0 unspecified atom stereocenters. The molecule has 0 amide bonds. The number of benzene rings is 1. The predicted molar refractivity (Wildman–Crippen MR) is 67.0 cm³/mol. The Labute approximate surface area is 92.2 Å². The van der Waals surface area contributed by atoms with E-state index in [-0.39, 0.29) is 5.41 Å². The molecular weight excluding hydrogens is 184 g/mol. The first kappa shape index (κ1) is 11.8. The molecule has 0 spiro atoms. The monoisotopic (exact) mass is 204 g/mol. The molecule has 0 aliphatic heterocycles. The molecule has 0 aliphatic carbocycles. The summed E-state index contributed by atoms with van der Waals surface area (Å²) in [5.74, 6) is 0. The van der Waals surface area contributed by atoms with E-state index < -0.39 is 0 Å². The molecule has 0 aromatic heterocycles. The van der Waals surface area contributed by atoms with E-state index in [2.05, 4.69) is 26.1 Å². The van der Waals surface area contributed by atoms with Crippen LogP contribution in [0.1, 0.15) is 31.9 Å². The molecule has 0 heterocycles. The number of nitrogens with one attached hydrogen (secondary N) is 2. The van der Waals surface area contributed by atoms with Crippen molar-refractivity contribution in [3.8, 4) is 0 Å². The maximum Gasteiger partial charge on any atom is 0.0432 e. The van der Waals surface area contributed by atoms with Crippen molar-refractivity contribution in [2.75, 3.05) is 11.9 Å². The quantitative estimate of drug-likeness (QED) is 0.727. The fourth-order valence-corrected chi connectivity index (χ4v) is 1.39. The fourth-order valence-electron chi connectivity index (χ4n) is 1.39. The first-order chi connectivity index (χ1) is 6.94. The molecule has 2 N–H and O–H groups in total.